The normalized spacial score (nSPS) is 13.8. The third-order valence-corrected chi connectivity index (χ3v) is 4.04. The average molecular weight is 327 g/mol. The molecule has 0 aliphatic carbocycles. The summed E-state index contributed by atoms with van der Waals surface area (Å²) in [4.78, 5) is 26.0. The minimum atomic E-state index is -0.377. The van der Waals surface area contributed by atoms with Crippen LogP contribution < -0.4 is 4.74 Å². The van der Waals surface area contributed by atoms with Crippen molar-refractivity contribution in [2.75, 3.05) is 19.7 Å². The van der Waals surface area contributed by atoms with E-state index in [9.17, 15) is 14.0 Å². The van der Waals surface area contributed by atoms with Crippen LogP contribution in [-0.4, -0.2) is 36.3 Å². The van der Waals surface area contributed by atoms with Crippen molar-refractivity contribution in [1.29, 1.82) is 0 Å². The summed E-state index contributed by atoms with van der Waals surface area (Å²) in [6, 6.07) is 12.0. The van der Waals surface area contributed by atoms with Crippen LogP contribution in [0.25, 0.3) is 0 Å². The minimum Gasteiger partial charge on any atom is -0.484 e. The molecule has 4 nitrogen and oxygen atoms in total. The van der Waals surface area contributed by atoms with Gasteiger partial charge in [0.1, 0.15) is 11.6 Å². The molecular weight excluding hydrogens is 309 g/mol. The Labute approximate surface area is 139 Å². The maximum absolute atomic E-state index is 12.9. The number of ketones is 1. The third kappa shape index (κ3) is 3.79. The summed E-state index contributed by atoms with van der Waals surface area (Å²) >= 11 is 0. The van der Waals surface area contributed by atoms with E-state index in [1.165, 1.54) is 24.3 Å². The van der Waals surface area contributed by atoms with E-state index in [1.54, 1.807) is 29.2 Å². The minimum absolute atomic E-state index is 0.00521. The molecule has 1 amide bonds. The van der Waals surface area contributed by atoms with Crippen LogP contribution in [0.5, 0.6) is 5.75 Å². The zero-order valence-electron chi connectivity index (χ0n) is 13.2. The first-order valence-electron chi connectivity index (χ1n) is 7.94. The fourth-order valence-corrected chi connectivity index (χ4v) is 2.67. The number of nitrogens with zero attached hydrogens (tertiary/aromatic N) is 1. The lowest BCUT2D eigenvalue weighted by molar-refractivity contribution is -0.132. The van der Waals surface area contributed by atoms with E-state index in [1.807, 2.05) is 0 Å². The predicted molar refractivity (Wildman–Crippen MR) is 87.6 cm³/mol. The number of hydrogen-bond donors (Lipinski definition) is 0. The SMILES string of the molecule is O=C(c1ccc(F)cc1)c1ccc(OCC(=O)N2CCCC2)cc1. The summed E-state index contributed by atoms with van der Waals surface area (Å²) in [5.41, 5.74) is 0.911. The van der Waals surface area contributed by atoms with Crippen LogP contribution in [0.3, 0.4) is 0 Å². The molecule has 1 aliphatic heterocycles. The van der Waals surface area contributed by atoms with E-state index in [2.05, 4.69) is 0 Å². The predicted octanol–water partition coefficient (Wildman–Crippen LogP) is 3.06. The van der Waals surface area contributed by atoms with Gasteiger partial charge in [-0.1, -0.05) is 0 Å². The Morgan fingerprint density at radius 3 is 2.04 bits per heavy atom. The molecule has 5 heteroatoms. The molecule has 0 spiro atoms. The van der Waals surface area contributed by atoms with Crippen molar-refractivity contribution in [2.45, 2.75) is 12.8 Å². The molecule has 1 aliphatic rings. The Morgan fingerprint density at radius 2 is 1.46 bits per heavy atom. The van der Waals surface area contributed by atoms with Gasteiger partial charge >= 0.3 is 0 Å². The number of rotatable bonds is 5. The van der Waals surface area contributed by atoms with E-state index in [-0.39, 0.29) is 24.1 Å². The summed E-state index contributed by atoms with van der Waals surface area (Å²) in [6.07, 6.45) is 2.10. The number of carbonyl (C=O) groups is 2. The topological polar surface area (TPSA) is 46.6 Å². The Balaban J connectivity index is 1.59. The first-order chi connectivity index (χ1) is 11.6. The monoisotopic (exact) mass is 327 g/mol. The largest absolute Gasteiger partial charge is 0.484 e. The molecule has 1 heterocycles. The summed E-state index contributed by atoms with van der Waals surface area (Å²) in [5.74, 6) is -0.0372. The van der Waals surface area contributed by atoms with Gasteiger partial charge in [-0.2, -0.15) is 0 Å². The van der Waals surface area contributed by atoms with Crippen molar-refractivity contribution in [3.63, 3.8) is 0 Å². The highest BCUT2D eigenvalue weighted by molar-refractivity contribution is 6.09. The summed E-state index contributed by atoms with van der Waals surface area (Å²) < 4.78 is 18.4. The molecule has 1 fully saturated rings. The molecule has 124 valence electrons. The van der Waals surface area contributed by atoms with Gasteiger partial charge in [-0.25, -0.2) is 4.39 Å². The third-order valence-electron chi connectivity index (χ3n) is 4.04. The van der Waals surface area contributed by atoms with Gasteiger partial charge in [0.25, 0.3) is 5.91 Å². The van der Waals surface area contributed by atoms with E-state index >= 15 is 0 Å². The number of carbonyl (C=O) groups excluding carboxylic acids is 2. The van der Waals surface area contributed by atoms with Crippen molar-refractivity contribution in [3.05, 3.63) is 65.5 Å². The van der Waals surface area contributed by atoms with Crippen molar-refractivity contribution < 1.29 is 18.7 Å². The van der Waals surface area contributed by atoms with Crippen LogP contribution in [0, 0.1) is 5.82 Å². The Morgan fingerprint density at radius 1 is 0.917 bits per heavy atom. The number of likely N-dealkylation sites (tertiary alicyclic amines) is 1. The highest BCUT2D eigenvalue weighted by Crippen LogP contribution is 2.16. The van der Waals surface area contributed by atoms with Gasteiger partial charge in [-0.15, -0.1) is 0 Å². The van der Waals surface area contributed by atoms with E-state index in [0.717, 1.165) is 25.9 Å². The molecule has 0 N–H and O–H groups in total. The van der Waals surface area contributed by atoms with Gasteiger partial charge in [0.2, 0.25) is 0 Å². The van der Waals surface area contributed by atoms with Crippen molar-refractivity contribution in [1.82, 2.24) is 4.90 Å². The quantitative estimate of drug-likeness (QED) is 0.793. The molecule has 1 saturated heterocycles. The van der Waals surface area contributed by atoms with Gasteiger partial charge < -0.3 is 9.64 Å². The molecule has 0 aromatic heterocycles. The standard InChI is InChI=1S/C19H18FNO3/c20-16-7-3-14(4-8-16)19(23)15-5-9-17(10-6-15)24-13-18(22)21-11-1-2-12-21/h3-10H,1-2,11-13H2. The molecule has 24 heavy (non-hydrogen) atoms. The zero-order valence-corrected chi connectivity index (χ0v) is 13.2. The molecule has 0 bridgehead atoms. The Hall–Kier alpha value is -2.69. The van der Waals surface area contributed by atoms with Gasteiger partial charge in [0.05, 0.1) is 0 Å². The second-order valence-electron chi connectivity index (χ2n) is 5.74. The number of benzene rings is 2. The maximum Gasteiger partial charge on any atom is 0.260 e. The van der Waals surface area contributed by atoms with Gasteiger partial charge in [-0.3, -0.25) is 9.59 Å². The smallest absolute Gasteiger partial charge is 0.260 e. The first-order valence-corrected chi connectivity index (χ1v) is 7.94. The van der Waals surface area contributed by atoms with E-state index in [4.69, 9.17) is 4.74 Å². The number of ether oxygens (including phenoxy) is 1. The van der Waals surface area contributed by atoms with Crippen LogP contribution in [-0.2, 0) is 4.79 Å². The second kappa shape index (κ2) is 7.25. The fourth-order valence-electron chi connectivity index (χ4n) is 2.67. The highest BCUT2D eigenvalue weighted by Gasteiger charge is 2.18. The molecule has 2 aromatic rings. The second-order valence-corrected chi connectivity index (χ2v) is 5.74. The van der Waals surface area contributed by atoms with E-state index < -0.39 is 0 Å². The highest BCUT2D eigenvalue weighted by atomic mass is 19.1. The zero-order chi connectivity index (χ0) is 16.9. The van der Waals surface area contributed by atoms with Crippen LogP contribution in [0.15, 0.2) is 48.5 Å². The average Bonchev–Trinajstić information content (AvgIpc) is 3.15. The van der Waals surface area contributed by atoms with Gasteiger partial charge in [0, 0.05) is 24.2 Å². The molecule has 0 radical (unpaired) electrons. The Kier molecular flexibility index (Phi) is 4.89. The number of amides is 1. The molecule has 0 atom stereocenters. The fraction of sp³-hybridized carbons (Fsp3) is 0.263. The summed E-state index contributed by atoms with van der Waals surface area (Å²) in [6.45, 7) is 1.60. The number of hydrogen-bond acceptors (Lipinski definition) is 3. The van der Waals surface area contributed by atoms with Crippen LogP contribution in [0.2, 0.25) is 0 Å². The lowest BCUT2D eigenvalue weighted by Crippen LogP contribution is -2.32. The summed E-state index contributed by atoms with van der Waals surface area (Å²) in [7, 11) is 0. The van der Waals surface area contributed by atoms with Gasteiger partial charge in [-0.05, 0) is 61.4 Å². The molecule has 3 rings (SSSR count). The molecule has 0 unspecified atom stereocenters. The lowest BCUT2D eigenvalue weighted by Gasteiger charge is -2.15. The molecular formula is C19H18FNO3. The number of halogens is 1. The van der Waals surface area contributed by atoms with E-state index in [0.29, 0.717) is 16.9 Å². The van der Waals surface area contributed by atoms with Crippen molar-refractivity contribution in [3.8, 4) is 5.75 Å². The first kappa shape index (κ1) is 16.2. The van der Waals surface area contributed by atoms with Crippen molar-refractivity contribution >= 4 is 11.7 Å². The van der Waals surface area contributed by atoms with Crippen LogP contribution >= 0.6 is 0 Å². The maximum atomic E-state index is 12.9. The molecule has 2 aromatic carbocycles. The van der Waals surface area contributed by atoms with Crippen molar-refractivity contribution in [2.24, 2.45) is 0 Å². The lowest BCUT2D eigenvalue weighted by atomic mass is 10.0. The Bertz CT molecular complexity index is 719. The summed E-state index contributed by atoms with van der Waals surface area (Å²) in [5, 5.41) is 0. The van der Waals surface area contributed by atoms with Crippen LogP contribution in [0.1, 0.15) is 28.8 Å². The van der Waals surface area contributed by atoms with Crippen LogP contribution in [0.4, 0.5) is 4.39 Å². The van der Waals surface area contributed by atoms with Gasteiger partial charge in [0.15, 0.2) is 12.4 Å². The molecule has 0 saturated carbocycles.